The topological polar surface area (TPSA) is 46.2 Å². The summed E-state index contributed by atoms with van der Waals surface area (Å²) >= 11 is 0. The number of hydrogen-bond donors (Lipinski definition) is 1. The number of carbonyl (C=O) groups is 2. The van der Waals surface area contributed by atoms with Gasteiger partial charge in [-0.2, -0.15) is 0 Å². The lowest BCUT2D eigenvalue weighted by molar-refractivity contribution is -0.130. The van der Waals surface area contributed by atoms with Crippen LogP contribution in [0.5, 0.6) is 0 Å². The normalized spacial score (nSPS) is 20.0. The zero-order valence-electron chi connectivity index (χ0n) is 13.4. The molecule has 3 rings (SSSR count). The molecule has 0 aromatic heterocycles. The number of rotatable bonds is 5. The summed E-state index contributed by atoms with van der Waals surface area (Å²) in [7, 11) is 0. The molecule has 1 amide bonds. The maximum Gasteiger partial charge on any atom is 0.231 e. The van der Waals surface area contributed by atoms with Gasteiger partial charge in [-0.1, -0.05) is 30.3 Å². The predicted octanol–water partition coefficient (Wildman–Crippen LogP) is 3.15. The van der Waals surface area contributed by atoms with E-state index in [9.17, 15) is 18.4 Å². The summed E-state index contributed by atoms with van der Waals surface area (Å²) in [6.07, 6.45) is 3.08. The number of halogens is 2. The van der Waals surface area contributed by atoms with Crippen molar-refractivity contribution < 1.29 is 18.4 Å². The van der Waals surface area contributed by atoms with Crippen LogP contribution in [-0.4, -0.2) is 18.2 Å². The molecule has 2 aromatic rings. The van der Waals surface area contributed by atoms with Crippen molar-refractivity contribution >= 4 is 17.8 Å². The van der Waals surface area contributed by atoms with E-state index in [0.29, 0.717) is 13.0 Å². The van der Waals surface area contributed by atoms with Crippen LogP contribution in [0.1, 0.15) is 11.1 Å². The van der Waals surface area contributed by atoms with E-state index in [-0.39, 0.29) is 23.2 Å². The number of nitrogens with one attached hydrogen (secondary N) is 1. The Morgan fingerprint density at radius 1 is 1.16 bits per heavy atom. The third kappa shape index (κ3) is 3.99. The molecular weight excluding hydrogens is 324 g/mol. The summed E-state index contributed by atoms with van der Waals surface area (Å²) in [6, 6.07) is 12.8. The van der Waals surface area contributed by atoms with Crippen LogP contribution in [0.25, 0.3) is 6.08 Å². The Morgan fingerprint density at radius 2 is 1.92 bits per heavy atom. The highest BCUT2D eigenvalue weighted by atomic mass is 19.1. The van der Waals surface area contributed by atoms with Gasteiger partial charge in [0.2, 0.25) is 5.91 Å². The third-order valence-electron chi connectivity index (χ3n) is 4.33. The first-order valence-electron chi connectivity index (χ1n) is 8.03. The van der Waals surface area contributed by atoms with Crippen molar-refractivity contribution in [3.63, 3.8) is 0 Å². The Kier molecular flexibility index (Phi) is 5.03. The first-order chi connectivity index (χ1) is 12.0. The minimum Gasteiger partial charge on any atom is -0.355 e. The SMILES string of the molecule is O=C(/C=C/c1ccc(F)cc1F)[C@H]1C(=O)NC[C@H]1Cc1ccccc1. The molecule has 128 valence electrons. The highest BCUT2D eigenvalue weighted by Crippen LogP contribution is 2.24. The molecule has 3 nitrogen and oxygen atoms in total. The fraction of sp³-hybridized carbons (Fsp3) is 0.200. The molecular formula is C20H17F2NO2. The number of benzene rings is 2. The largest absolute Gasteiger partial charge is 0.355 e. The first kappa shape index (κ1) is 17.0. The number of amides is 1. The van der Waals surface area contributed by atoms with Crippen molar-refractivity contribution in [2.45, 2.75) is 6.42 Å². The molecule has 1 aliphatic heterocycles. The summed E-state index contributed by atoms with van der Waals surface area (Å²) in [6.45, 7) is 0.433. The second-order valence-corrected chi connectivity index (χ2v) is 6.07. The van der Waals surface area contributed by atoms with Gasteiger partial charge in [0, 0.05) is 18.2 Å². The minimum atomic E-state index is -0.792. The van der Waals surface area contributed by atoms with Gasteiger partial charge < -0.3 is 5.32 Å². The maximum absolute atomic E-state index is 13.6. The van der Waals surface area contributed by atoms with E-state index in [0.717, 1.165) is 17.7 Å². The van der Waals surface area contributed by atoms with Crippen LogP contribution in [0.15, 0.2) is 54.6 Å². The highest BCUT2D eigenvalue weighted by molar-refractivity contribution is 6.09. The Bertz CT molecular complexity index is 818. The van der Waals surface area contributed by atoms with Gasteiger partial charge in [-0.3, -0.25) is 9.59 Å². The zero-order chi connectivity index (χ0) is 17.8. The quantitative estimate of drug-likeness (QED) is 0.671. The van der Waals surface area contributed by atoms with Crippen molar-refractivity contribution in [3.05, 3.63) is 77.4 Å². The van der Waals surface area contributed by atoms with Gasteiger partial charge in [0.1, 0.15) is 17.6 Å². The molecule has 5 heteroatoms. The lowest BCUT2D eigenvalue weighted by atomic mass is 9.86. The lowest BCUT2D eigenvalue weighted by Crippen LogP contribution is -2.27. The summed E-state index contributed by atoms with van der Waals surface area (Å²) in [4.78, 5) is 24.5. The molecule has 0 saturated carbocycles. The van der Waals surface area contributed by atoms with Crippen LogP contribution in [0, 0.1) is 23.5 Å². The average molecular weight is 341 g/mol. The highest BCUT2D eigenvalue weighted by Gasteiger charge is 2.38. The van der Waals surface area contributed by atoms with E-state index in [1.54, 1.807) is 0 Å². The smallest absolute Gasteiger partial charge is 0.231 e. The Morgan fingerprint density at radius 3 is 2.64 bits per heavy atom. The predicted molar refractivity (Wildman–Crippen MR) is 90.5 cm³/mol. The molecule has 0 aliphatic carbocycles. The zero-order valence-corrected chi connectivity index (χ0v) is 13.4. The van der Waals surface area contributed by atoms with Gasteiger partial charge in [0.15, 0.2) is 5.78 Å². The van der Waals surface area contributed by atoms with Gasteiger partial charge in [0.05, 0.1) is 0 Å². The Balaban J connectivity index is 1.74. The molecule has 0 spiro atoms. The van der Waals surface area contributed by atoms with Gasteiger partial charge in [-0.15, -0.1) is 0 Å². The van der Waals surface area contributed by atoms with Gasteiger partial charge in [-0.05, 0) is 42.2 Å². The number of ketones is 1. The standard InChI is InChI=1S/C20H17F2NO2/c21-16-8-6-14(17(22)11-16)7-9-18(24)19-15(12-23-20(19)25)10-13-4-2-1-3-5-13/h1-9,11,15,19H,10,12H2,(H,23,25)/b9-7+/t15-,19+/m1/s1. The van der Waals surface area contributed by atoms with Crippen molar-refractivity contribution in [3.8, 4) is 0 Å². The summed E-state index contributed by atoms with van der Waals surface area (Å²) < 4.78 is 26.6. The molecule has 0 bridgehead atoms. The molecule has 1 aliphatic rings. The van der Waals surface area contributed by atoms with Crippen molar-refractivity contribution in [2.75, 3.05) is 6.54 Å². The summed E-state index contributed by atoms with van der Waals surface area (Å²) in [5.74, 6) is -3.06. The molecule has 2 atom stereocenters. The molecule has 2 aromatic carbocycles. The second kappa shape index (κ2) is 7.38. The maximum atomic E-state index is 13.6. The van der Waals surface area contributed by atoms with E-state index in [4.69, 9.17) is 0 Å². The van der Waals surface area contributed by atoms with E-state index in [1.807, 2.05) is 30.3 Å². The minimum absolute atomic E-state index is 0.104. The summed E-state index contributed by atoms with van der Waals surface area (Å²) in [5, 5.41) is 2.72. The second-order valence-electron chi connectivity index (χ2n) is 6.07. The van der Waals surface area contributed by atoms with Crippen LogP contribution in [-0.2, 0) is 16.0 Å². The van der Waals surface area contributed by atoms with Gasteiger partial charge in [0.25, 0.3) is 0 Å². The van der Waals surface area contributed by atoms with E-state index in [1.165, 1.54) is 18.2 Å². The first-order valence-corrected chi connectivity index (χ1v) is 8.03. The van der Waals surface area contributed by atoms with E-state index in [2.05, 4.69) is 5.32 Å². The molecule has 1 fully saturated rings. The monoisotopic (exact) mass is 341 g/mol. The number of carbonyl (C=O) groups excluding carboxylic acids is 2. The van der Waals surface area contributed by atoms with Crippen molar-refractivity contribution in [1.82, 2.24) is 5.32 Å². The van der Waals surface area contributed by atoms with Crippen LogP contribution in [0.2, 0.25) is 0 Å². The van der Waals surface area contributed by atoms with Gasteiger partial charge >= 0.3 is 0 Å². The van der Waals surface area contributed by atoms with Gasteiger partial charge in [-0.25, -0.2) is 8.78 Å². The van der Waals surface area contributed by atoms with E-state index >= 15 is 0 Å². The fourth-order valence-corrected chi connectivity index (χ4v) is 3.05. The Labute approximate surface area is 144 Å². The lowest BCUT2D eigenvalue weighted by Gasteiger charge is -2.14. The molecule has 0 unspecified atom stereocenters. The third-order valence-corrected chi connectivity index (χ3v) is 4.33. The molecule has 0 radical (unpaired) electrons. The molecule has 1 saturated heterocycles. The Hall–Kier alpha value is -2.82. The fourth-order valence-electron chi connectivity index (χ4n) is 3.05. The van der Waals surface area contributed by atoms with Crippen LogP contribution in [0.4, 0.5) is 8.78 Å². The average Bonchev–Trinajstić information content (AvgIpc) is 2.95. The van der Waals surface area contributed by atoms with Crippen molar-refractivity contribution in [2.24, 2.45) is 11.8 Å². The van der Waals surface area contributed by atoms with Crippen LogP contribution >= 0.6 is 0 Å². The number of allylic oxidation sites excluding steroid dienone is 1. The molecule has 1 heterocycles. The molecule has 1 N–H and O–H groups in total. The summed E-state index contributed by atoms with van der Waals surface area (Å²) in [5.41, 5.74) is 1.16. The van der Waals surface area contributed by atoms with Crippen molar-refractivity contribution in [1.29, 1.82) is 0 Å². The molecule has 25 heavy (non-hydrogen) atoms. The van der Waals surface area contributed by atoms with E-state index < -0.39 is 17.6 Å². The van der Waals surface area contributed by atoms with Crippen LogP contribution in [0.3, 0.4) is 0 Å². The number of hydrogen-bond acceptors (Lipinski definition) is 2. The van der Waals surface area contributed by atoms with Crippen LogP contribution < -0.4 is 5.32 Å².